The molecule has 0 aliphatic rings. The maximum Gasteiger partial charge on any atom is 0.276 e. The molecule has 3 N–H and O–H groups in total. The van der Waals surface area contributed by atoms with Gasteiger partial charge < -0.3 is 9.47 Å². The van der Waals surface area contributed by atoms with E-state index in [1.165, 1.54) is 0 Å². The smallest absolute Gasteiger partial charge is 0.276 e. The average Bonchev–Trinajstić information content (AvgIpc) is 2.72. The molecular weight excluding hydrogens is 482 g/mol. The van der Waals surface area contributed by atoms with Crippen LogP contribution < -0.4 is 25.6 Å². The monoisotopic (exact) mass is 507 g/mol. The molecule has 0 radical (unpaired) electrons. The molecule has 31 heavy (non-hydrogen) atoms. The van der Waals surface area contributed by atoms with Gasteiger partial charge in [0.15, 0.2) is 18.3 Å². The van der Waals surface area contributed by atoms with Crippen molar-refractivity contribution in [1.82, 2.24) is 16.2 Å². The number of nitrogens with one attached hydrogen (secondary N) is 3. The highest BCUT2D eigenvalue weighted by Gasteiger charge is 2.13. The Morgan fingerprint density at radius 2 is 1.65 bits per heavy atom. The van der Waals surface area contributed by atoms with E-state index in [1.54, 1.807) is 12.1 Å². The molecule has 0 aliphatic carbocycles. The summed E-state index contributed by atoms with van der Waals surface area (Å²) < 4.78 is 12.0. The fourth-order valence-electron chi connectivity index (χ4n) is 2.53. The van der Waals surface area contributed by atoms with Crippen LogP contribution in [0, 0.1) is 13.8 Å². The van der Waals surface area contributed by atoms with Gasteiger partial charge in [0.25, 0.3) is 11.8 Å². The third-order valence-corrected chi connectivity index (χ3v) is 5.29. The number of hydrogen-bond donors (Lipinski definition) is 3. The standard InChI is InChI=1S/C22H26BrN3O4S/c1-13(2)17-10-18(23)15(4)9-19(17)30-11-20(27)24-22(31)26-25-21(28)12-29-16-7-5-14(3)6-8-16/h5-10,13H,11-12H2,1-4H3,(H,25,28)(H2,24,26,27,31). The molecule has 2 amide bonds. The molecule has 0 aliphatic heterocycles. The molecule has 0 fully saturated rings. The van der Waals surface area contributed by atoms with Gasteiger partial charge in [-0.05, 0) is 67.4 Å². The maximum atomic E-state index is 12.1. The first-order valence-corrected chi connectivity index (χ1v) is 10.9. The van der Waals surface area contributed by atoms with E-state index in [9.17, 15) is 9.59 Å². The van der Waals surface area contributed by atoms with Crippen LogP contribution in [0.25, 0.3) is 0 Å². The first-order valence-electron chi connectivity index (χ1n) is 9.66. The highest BCUT2D eigenvalue weighted by Crippen LogP contribution is 2.32. The van der Waals surface area contributed by atoms with Crippen molar-refractivity contribution in [3.8, 4) is 11.5 Å². The molecule has 0 heterocycles. The first kappa shape index (κ1) is 24.6. The highest BCUT2D eigenvalue weighted by atomic mass is 79.9. The van der Waals surface area contributed by atoms with Crippen molar-refractivity contribution in [2.45, 2.75) is 33.6 Å². The second-order valence-corrected chi connectivity index (χ2v) is 8.50. The molecular formula is C22H26BrN3O4S. The minimum absolute atomic E-state index is 0.0478. The van der Waals surface area contributed by atoms with Crippen molar-refractivity contribution in [3.05, 3.63) is 57.6 Å². The lowest BCUT2D eigenvalue weighted by molar-refractivity contribution is -0.124. The van der Waals surface area contributed by atoms with Gasteiger partial charge in [0, 0.05) is 4.47 Å². The molecule has 0 unspecified atom stereocenters. The van der Waals surface area contributed by atoms with Gasteiger partial charge >= 0.3 is 0 Å². The Kier molecular flexibility index (Phi) is 9.26. The van der Waals surface area contributed by atoms with Gasteiger partial charge in [-0.25, -0.2) is 0 Å². The number of thiocarbonyl (C=S) groups is 1. The van der Waals surface area contributed by atoms with Crippen molar-refractivity contribution >= 4 is 45.1 Å². The summed E-state index contributed by atoms with van der Waals surface area (Å²) in [5, 5.41) is 2.40. The molecule has 0 saturated heterocycles. The number of amides is 2. The van der Waals surface area contributed by atoms with Gasteiger partial charge in [-0.1, -0.05) is 47.5 Å². The number of benzene rings is 2. The van der Waals surface area contributed by atoms with Crippen molar-refractivity contribution in [3.63, 3.8) is 0 Å². The molecule has 9 heteroatoms. The van der Waals surface area contributed by atoms with E-state index in [0.29, 0.717) is 11.5 Å². The summed E-state index contributed by atoms with van der Waals surface area (Å²) >= 11 is 8.53. The van der Waals surface area contributed by atoms with Crippen LogP contribution in [0.3, 0.4) is 0 Å². The summed E-state index contributed by atoms with van der Waals surface area (Å²) in [4.78, 5) is 24.0. The van der Waals surface area contributed by atoms with Gasteiger partial charge in [-0.2, -0.15) is 0 Å². The minimum Gasteiger partial charge on any atom is -0.484 e. The van der Waals surface area contributed by atoms with Gasteiger partial charge in [0.05, 0.1) is 0 Å². The summed E-state index contributed by atoms with van der Waals surface area (Å²) in [5.74, 6) is 0.567. The molecule has 0 saturated carbocycles. The molecule has 166 valence electrons. The number of aryl methyl sites for hydroxylation is 2. The third-order valence-electron chi connectivity index (χ3n) is 4.23. The minimum atomic E-state index is -0.446. The van der Waals surface area contributed by atoms with Crippen LogP contribution in [0.1, 0.15) is 36.5 Å². The van der Waals surface area contributed by atoms with Crippen LogP contribution in [0.15, 0.2) is 40.9 Å². The van der Waals surface area contributed by atoms with Crippen LogP contribution in [0.2, 0.25) is 0 Å². The first-order chi connectivity index (χ1) is 14.7. The molecule has 2 rings (SSSR count). The number of rotatable bonds is 7. The Morgan fingerprint density at radius 3 is 2.29 bits per heavy atom. The van der Waals surface area contributed by atoms with Crippen LogP contribution in [-0.2, 0) is 9.59 Å². The second kappa shape index (κ2) is 11.7. The fourth-order valence-corrected chi connectivity index (χ4v) is 3.06. The number of hydrogen-bond acceptors (Lipinski definition) is 5. The van der Waals surface area contributed by atoms with Crippen molar-refractivity contribution in [2.24, 2.45) is 0 Å². The Hall–Kier alpha value is -2.65. The predicted molar refractivity (Wildman–Crippen MR) is 127 cm³/mol. The number of halogens is 1. The zero-order valence-corrected chi connectivity index (χ0v) is 20.3. The molecule has 2 aromatic rings. The van der Waals surface area contributed by atoms with Crippen molar-refractivity contribution in [1.29, 1.82) is 0 Å². The van der Waals surface area contributed by atoms with E-state index >= 15 is 0 Å². The van der Waals surface area contributed by atoms with Gasteiger partial charge in [0.1, 0.15) is 11.5 Å². The van der Waals surface area contributed by atoms with E-state index < -0.39 is 11.8 Å². The Morgan fingerprint density at radius 1 is 1.00 bits per heavy atom. The number of hydrazine groups is 1. The normalized spacial score (nSPS) is 10.4. The summed E-state index contributed by atoms with van der Waals surface area (Å²) in [6, 6.07) is 11.2. The summed E-state index contributed by atoms with van der Waals surface area (Å²) in [6.07, 6.45) is 0. The van der Waals surface area contributed by atoms with Crippen LogP contribution in [0.4, 0.5) is 0 Å². The fraction of sp³-hybridized carbons (Fsp3) is 0.318. The zero-order valence-electron chi connectivity index (χ0n) is 17.9. The maximum absolute atomic E-state index is 12.1. The molecule has 7 nitrogen and oxygen atoms in total. The van der Waals surface area contributed by atoms with Crippen LogP contribution >= 0.6 is 28.1 Å². The summed E-state index contributed by atoms with van der Waals surface area (Å²) in [6.45, 7) is 7.60. The lowest BCUT2D eigenvalue weighted by Gasteiger charge is -2.16. The van der Waals surface area contributed by atoms with Gasteiger partial charge in [-0.15, -0.1) is 0 Å². The van der Waals surface area contributed by atoms with Crippen LogP contribution in [-0.4, -0.2) is 30.1 Å². The molecule has 0 bridgehead atoms. The highest BCUT2D eigenvalue weighted by molar-refractivity contribution is 9.10. The average molecular weight is 508 g/mol. The number of carbonyl (C=O) groups is 2. The zero-order chi connectivity index (χ0) is 23.0. The van der Waals surface area contributed by atoms with E-state index in [4.69, 9.17) is 21.7 Å². The quantitative estimate of drug-likeness (QED) is 0.391. The topological polar surface area (TPSA) is 88.7 Å². The Balaban J connectivity index is 1.75. The van der Waals surface area contributed by atoms with Gasteiger partial charge in [-0.3, -0.25) is 25.8 Å². The van der Waals surface area contributed by atoms with E-state index in [1.807, 2.05) is 52.0 Å². The van der Waals surface area contributed by atoms with Crippen molar-refractivity contribution < 1.29 is 19.1 Å². The SMILES string of the molecule is Cc1ccc(OCC(=O)NNC(=S)NC(=O)COc2cc(C)c(Br)cc2C(C)C)cc1. The lowest BCUT2D eigenvalue weighted by atomic mass is 10.0. The Labute approximate surface area is 196 Å². The number of ether oxygens (including phenoxy) is 2. The van der Waals surface area contributed by atoms with Gasteiger partial charge in [0.2, 0.25) is 0 Å². The van der Waals surface area contributed by atoms with Crippen LogP contribution in [0.5, 0.6) is 11.5 Å². The molecule has 0 atom stereocenters. The molecule has 0 spiro atoms. The van der Waals surface area contributed by atoms with E-state index in [-0.39, 0.29) is 24.2 Å². The molecule has 0 aromatic heterocycles. The number of carbonyl (C=O) groups excluding carboxylic acids is 2. The Bertz CT molecular complexity index is 949. The predicted octanol–water partition coefficient (Wildman–Crippen LogP) is 3.67. The van der Waals surface area contributed by atoms with Crippen molar-refractivity contribution in [2.75, 3.05) is 13.2 Å². The van der Waals surface area contributed by atoms with E-state index in [2.05, 4.69) is 32.1 Å². The lowest BCUT2D eigenvalue weighted by Crippen LogP contribution is -2.50. The second-order valence-electron chi connectivity index (χ2n) is 7.23. The summed E-state index contributed by atoms with van der Waals surface area (Å²) in [7, 11) is 0. The largest absolute Gasteiger partial charge is 0.484 e. The molecule has 2 aromatic carbocycles. The summed E-state index contributed by atoms with van der Waals surface area (Å²) in [5.41, 5.74) is 7.92. The van der Waals surface area contributed by atoms with E-state index in [0.717, 1.165) is 21.2 Å². The third kappa shape index (κ3) is 8.18.